The number of rotatable bonds is 2. The maximum Gasteiger partial charge on any atom is 0.276 e. The summed E-state index contributed by atoms with van der Waals surface area (Å²) in [5.41, 5.74) is 1.11. The van der Waals surface area contributed by atoms with E-state index >= 15 is 0 Å². The van der Waals surface area contributed by atoms with E-state index in [1.807, 2.05) is 11.0 Å². The maximum absolute atomic E-state index is 12.5. The second-order valence-electron chi connectivity index (χ2n) is 5.85. The number of hydrogen-bond acceptors (Lipinski definition) is 3. The van der Waals surface area contributed by atoms with E-state index in [1.54, 1.807) is 53.4 Å². The van der Waals surface area contributed by atoms with Crippen LogP contribution < -0.4 is 0 Å². The fourth-order valence-corrected chi connectivity index (χ4v) is 3.07. The highest BCUT2D eigenvalue weighted by atomic mass is 35.5. The summed E-state index contributed by atoms with van der Waals surface area (Å²) in [6.45, 7) is 2.14. The number of halogens is 1. The van der Waals surface area contributed by atoms with Crippen molar-refractivity contribution in [2.24, 2.45) is 4.99 Å². The molecule has 5 nitrogen and oxygen atoms in total. The molecule has 0 aromatic heterocycles. The Kier molecular flexibility index (Phi) is 5.85. The molecular formula is C19H17ClN3O2S-. The lowest BCUT2D eigenvalue weighted by atomic mass is 10.2. The Balaban J connectivity index is 1.59. The zero-order chi connectivity index (χ0) is 18.5. The Hall–Kier alpha value is -2.44. The van der Waals surface area contributed by atoms with Gasteiger partial charge in [0.25, 0.3) is 11.8 Å². The van der Waals surface area contributed by atoms with Gasteiger partial charge in [0, 0.05) is 42.3 Å². The van der Waals surface area contributed by atoms with Gasteiger partial charge in [-0.1, -0.05) is 29.8 Å². The van der Waals surface area contributed by atoms with Crippen LogP contribution in [0, 0.1) is 0 Å². The van der Waals surface area contributed by atoms with Crippen LogP contribution in [0.25, 0.3) is 0 Å². The highest BCUT2D eigenvalue weighted by molar-refractivity contribution is 7.77. The number of carbonyl (C=O) groups is 2. The SMILES string of the molecule is O=C(N=C([S-])N1CCN(C(=O)c2ccc(Cl)cc2)CC1)c1ccccc1. The van der Waals surface area contributed by atoms with E-state index in [4.69, 9.17) is 24.2 Å². The summed E-state index contributed by atoms with van der Waals surface area (Å²) in [5.74, 6) is -0.389. The molecule has 1 aliphatic heterocycles. The summed E-state index contributed by atoms with van der Waals surface area (Å²) in [7, 11) is 0. The molecule has 1 saturated heterocycles. The molecule has 7 heteroatoms. The van der Waals surface area contributed by atoms with Gasteiger partial charge in [0.1, 0.15) is 0 Å². The van der Waals surface area contributed by atoms with E-state index in [-0.39, 0.29) is 17.0 Å². The van der Waals surface area contributed by atoms with E-state index in [1.165, 1.54) is 0 Å². The first-order valence-electron chi connectivity index (χ1n) is 8.19. The normalized spacial score (nSPS) is 15.0. The van der Waals surface area contributed by atoms with Crippen molar-refractivity contribution in [3.05, 3.63) is 70.7 Å². The minimum Gasteiger partial charge on any atom is -0.742 e. The van der Waals surface area contributed by atoms with Crippen LogP contribution in [-0.4, -0.2) is 53.0 Å². The number of amidine groups is 1. The topological polar surface area (TPSA) is 53.0 Å². The van der Waals surface area contributed by atoms with E-state index in [0.717, 1.165) is 0 Å². The van der Waals surface area contributed by atoms with Crippen LogP contribution in [-0.2, 0) is 12.6 Å². The lowest BCUT2D eigenvalue weighted by Gasteiger charge is -2.39. The Bertz CT molecular complexity index is 816. The molecule has 0 saturated carbocycles. The molecule has 134 valence electrons. The van der Waals surface area contributed by atoms with Gasteiger partial charge in [0.15, 0.2) is 0 Å². The van der Waals surface area contributed by atoms with Crippen LogP contribution in [0.1, 0.15) is 20.7 Å². The molecule has 2 aromatic rings. The lowest BCUT2D eigenvalue weighted by molar-refractivity contribution is 0.0692. The first kappa shape index (κ1) is 18.4. The fourth-order valence-electron chi connectivity index (χ4n) is 2.68. The number of piperazine rings is 1. The second kappa shape index (κ2) is 8.29. The van der Waals surface area contributed by atoms with Gasteiger partial charge in [-0.3, -0.25) is 9.59 Å². The quantitative estimate of drug-likeness (QED) is 0.452. The molecule has 0 aliphatic carbocycles. The van der Waals surface area contributed by atoms with Crippen LogP contribution in [0.5, 0.6) is 0 Å². The van der Waals surface area contributed by atoms with Gasteiger partial charge >= 0.3 is 0 Å². The average Bonchev–Trinajstić information content (AvgIpc) is 2.69. The van der Waals surface area contributed by atoms with Crippen molar-refractivity contribution in [1.82, 2.24) is 9.80 Å². The molecule has 2 amide bonds. The number of nitrogens with zero attached hydrogens (tertiary/aromatic N) is 3. The molecule has 0 atom stereocenters. The molecule has 0 bridgehead atoms. The number of amides is 2. The van der Waals surface area contributed by atoms with Gasteiger partial charge in [0.2, 0.25) is 0 Å². The van der Waals surface area contributed by atoms with E-state index in [9.17, 15) is 9.59 Å². The van der Waals surface area contributed by atoms with Gasteiger partial charge in [-0.15, -0.1) is 0 Å². The van der Waals surface area contributed by atoms with Crippen LogP contribution in [0.15, 0.2) is 59.6 Å². The zero-order valence-corrected chi connectivity index (χ0v) is 15.5. The number of benzene rings is 2. The summed E-state index contributed by atoms with van der Waals surface area (Å²) < 4.78 is 0. The number of carbonyl (C=O) groups excluding carboxylic acids is 2. The number of hydrogen-bond donors (Lipinski definition) is 0. The third-order valence-corrected chi connectivity index (χ3v) is 4.75. The van der Waals surface area contributed by atoms with Crippen molar-refractivity contribution in [1.29, 1.82) is 0 Å². The van der Waals surface area contributed by atoms with Crippen molar-refractivity contribution >= 4 is 41.2 Å². The Morgan fingerprint density at radius 1 is 0.846 bits per heavy atom. The highest BCUT2D eigenvalue weighted by Gasteiger charge is 2.21. The summed E-state index contributed by atoms with van der Waals surface area (Å²) in [5, 5.41) is 0.860. The van der Waals surface area contributed by atoms with Crippen molar-refractivity contribution in [2.45, 2.75) is 0 Å². The summed E-state index contributed by atoms with van der Waals surface area (Å²) >= 11 is 11.1. The molecule has 1 aliphatic rings. The minimum absolute atomic E-state index is 0.0375. The number of aliphatic imine (C=N–C) groups is 1. The van der Waals surface area contributed by atoms with Crippen molar-refractivity contribution in [3.8, 4) is 0 Å². The van der Waals surface area contributed by atoms with Gasteiger partial charge < -0.3 is 22.4 Å². The smallest absolute Gasteiger partial charge is 0.276 e. The highest BCUT2D eigenvalue weighted by Crippen LogP contribution is 2.13. The third-order valence-electron chi connectivity index (χ3n) is 4.15. The minimum atomic E-state index is -0.352. The van der Waals surface area contributed by atoms with E-state index < -0.39 is 0 Å². The second-order valence-corrected chi connectivity index (χ2v) is 6.65. The largest absolute Gasteiger partial charge is 0.742 e. The molecular weight excluding hydrogens is 370 g/mol. The molecule has 0 spiro atoms. The standard InChI is InChI=1S/C19H18ClN3O2S/c20-16-8-6-15(7-9-16)18(25)22-10-12-23(13-11-22)19(26)21-17(24)14-4-2-1-3-5-14/h1-9H,10-13H2,(H,21,24,26)/p-1. The van der Waals surface area contributed by atoms with Gasteiger partial charge in [0.05, 0.1) is 0 Å². The van der Waals surface area contributed by atoms with Crippen molar-refractivity contribution in [2.75, 3.05) is 26.2 Å². The van der Waals surface area contributed by atoms with Crippen LogP contribution in [0.3, 0.4) is 0 Å². The average molecular weight is 387 g/mol. The molecule has 1 fully saturated rings. The van der Waals surface area contributed by atoms with E-state index in [0.29, 0.717) is 42.3 Å². The van der Waals surface area contributed by atoms with Gasteiger partial charge in [-0.2, -0.15) is 0 Å². The lowest BCUT2D eigenvalue weighted by Crippen LogP contribution is -2.50. The molecule has 0 unspecified atom stereocenters. The predicted molar refractivity (Wildman–Crippen MR) is 105 cm³/mol. The first-order chi connectivity index (χ1) is 12.5. The molecule has 0 N–H and O–H groups in total. The van der Waals surface area contributed by atoms with Crippen LogP contribution in [0.2, 0.25) is 5.02 Å². The summed E-state index contributed by atoms with van der Waals surface area (Å²) in [4.78, 5) is 32.3. The molecule has 26 heavy (non-hydrogen) atoms. The Labute approximate surface area is 162 Å². The maximum atomic E-state index is 12.5. The van der Waals surface area contributed by atoms with Crippen molar-refractivity contribution in [3.63, 3.8) is 0 Å². The summed E-state index contributed by atoms with van der Waals surface area (Å²) in [6.07, 6.45) is 0. The summed E-state index contributed by atoms with van der Waals surface area (Å²) in [6, 6.07) is 15.7. The predicted octanol–water partition coefficient (Wildman–Crippen LogP) is 2.84. The van der Waals surface area contributed by atoms with Crippen molar-refractivity contribution < 1.29 is 9.59 Å². The Morgan fingerprint density at radius 3 is 2.04 bits per heavy atom. The third kappa shape index (κ3) is 4.39. The van der Waals surface area contributed by atoms with E-state index in [2.05, 4.69) is 4.99 Å². The van der Waals surface area contributed by atoms with Crippen LogP contribution >= 0.6 is 11.6 Å². The zero-order valence-electron chi connectivity index (χ0n) is 14.0. The van der Waals surface area contributed by atoms with Crippen LogP contribution in [0.4, 0.5) is 0 Å². The first-order valence-corrected chi connectivity index (χ1v) is 8.98. The monoisotopic (exact) mass is 386 g/mol. The molecule has 1 heterocycles. The van der Waals surface area contributed by atoms with Gasteiger partial charge in [-0.25, -0.2) is 4.99 Å². The molecule has 3 rings (SSSR count). The fraction of sp³-hybridized carbons (Fsp3) is 0.211. The van der Waals surface area contributed by atoms with Gasteiger partial charge in [-0.05, 0) is 41.6 Å². The Morgan fingerprint density at radius 2 is 1.42 bits per heavy atom. The molecule has 2 aromatic carbocycles. The molecule has 0 radical (unpaired) electrons.